The highest BCUT2D eigenvalue weighted by atomic mass is 16.2. The highest BCUT2D eigenvalue weighted by molar-refractivity contribution is 5.76. The lowest BCUT2D eigenvalue weighted by Crippen LogP contribution is -2.32. The first-order valence-corrected chi connectivity index (χ1v) is 6.19. The Morgan fingerprint density at radius 2 is 2.19 bits per heavy atom. The third kappa shape index (κ3) is 4.24. The molecule has 3 nitrogen and oxygen atoms in total. The monoisotopic (exact) mass is 222 g/mol. The van der Waals surface area contributed by atoms with Crippen LogP contribution in [0.5, 0.6) is 0 Å². The second kappa shape index (κ2) is 7.29. The zero-order valence-electron chi connectivity index (χ0n) is 10.2. The van der Waals surface area contributed by atoms with Crippen molar-refractivity contribution in [1.29, 1.82) is 0 Å². The molecule has 1 saturated heterocycles. The number of nitrogens with zero attached hydrogens (tertiary/aromatic N) is 1. The molecule has 16 heavy (non-hydrogen) atoms. The minimum absolute atomic E-state index is 0.207. The van der Waals surface area contributed by atoms with Crippen molar-refractivity contribution in [2.75, 3.05) is 26.2 Å². The second-order valence-electron chi connectivity index (χ2n) is 4.34. The van der Waals surface area contributed by atoms with Gasteiger partial charge in [-0.2, -0.15) is 0 Å². The molecule has 1 rings (SSSR count). The second-order valence-corrected chi connectivity index (χ2v) is 4.34. The summed E-state index contributed by atoms with van der Waals surface area (Å²) in [6.45, 7) is 5.33. The van der Waals surface area contributed by atoms with E-state index in [4.69, 9.17) is 6.42 Å². The van der Waals surface area contributed by atoms with Gasteiger partial charge in [0.25, 0.3) is 0 Å². The van der Waals surface area contributed by atoms with E-state index >= 15 is 0 Å². The summed E-state index contributed by atoms with van der Waals surface area (Å²) in [6.07, 6.45) is 9.30. The van der Waals surface area contributed by atoms with Gasteiger partial charge in [0.05, 0.1) is 6.54 Å². The van der Waals surface area contributed by atoms with Crippen LogP contribution in [0.4, 0.5) is 0 Å². The van der Waals surface area contributed by atoms with Crippen LogP contribution in [-0.2, 0) is 4.79 Å². The van der Waals surface area contributed by atoms with Crippen molar-refractivity contribution in [2.45, 2.75) is 32.6 Å². The Balaban J connectivity index is 2.24. The van der Waals surface area contributed by atoms with Crippen LogP contribution in [0.2, 0.25) is 0 Å². The number of carbonyl (C=O) groups is 1. The lowest BCUT2D eigenvalue weighted by Gasteiger charge is -2.24. The summed E-state index contributed by atoms with van der Waals surface area (Å²) < 4.78 is 0. The number of rotatable bonds is 5. The van der Waals surface area contributed by atoms with Crippen molar-refractivity contribution < 1.29 is 4.79 Å². The summed E-state index contributed by atoms with van der Waals surface area (Å²) in [5.74, 6) is 3.46. The largest absolute Gasteiger partial charge is 0.332 e. The van der Waals surface area contributed by atoms with Crippen LogP contribution >= 0.6 is 0 Å². The van der Waals surface area contributed by atoms with Crippen LogP contribution in [0.3, 0.4) is 0 Å². The molecule has 0 aromatic carbocycles. The molecule has 1 aliphatic heterocycles. The van der Waals surface area contributed by atoms with Crippen LogP contribution in [0.15, 0.2) is 0 Å². The van der Waals surface area contributed by atoms with Gasteiger partial charge < -0.3 is 10.2 Å². The summed E-state index contributed by atoms with van der Waals surface area (Å²) in [5, 5.41) is 3.33. The van der Waals surface area contributed by atoms with E-state index in [1.54, 1.807) is 4.90 Å². The molecule has 0 spiro atoms. The molecule has 1 N–H and O–H groups in total. The third-order valence-electron chi connectivity index (χ3n) is 3.24. The van der Waals surface area contributed by atoms with Gasteiger partial charge in [-0.25, -0.2) is 0 Å². The zero-order valence-corrected chi connectivity index (χ0v) is 10.2. The standard InChI is InChI=1S/C13H22N2O/c1-3-11-15(4-2)13(16)6-5-12-7-9-14-10-8-12/h1,12,14H,4-11H2,2H3. The van der Waals surface area contributed by atoms with Crippen molar-refractivity contribution >= 4 is 5.91 Å². The Kier molecular flexibility index (Phi) is 5.95. The van der Waals surface area contributed by atoms with E-state index in [9.17, 15) is 4.79 Å². The van der Waals surface area contributed by atoms with Crippen molar-refractivity contribution in [1.82, 2.24) is 10.2 Å². The van der Waals surface area contributed by atoms with E-state index in [2.05, 4.69) is 11.2 Å². The Labute approximate surface area is 98.6 Å². The average molecular weight is 222 g/mol. The number of nitrogens with one attached hydrogen (secondary N) is 1. The van der Waals surface area contributed by atoms with Crippen molar-refractivity contribution in [3.8, 4) is 12.3 Å². The molecule has 0 aromatic heterocycles. The van der Waals surface area contributed by atoms with Gasteiger partial charge in [-0.1, -0.05) is 5.92 Å². The zero-order chi connectivity index (χ0) is 11.8. The number of carbonyl (C=O) groups excluding carboxylic acids is 1. The molecular formula is C13H22N2O. The van der Waals surface area contributed by atoms with Gasteiger partial charge >= 0.3 is 0 Å². The molecule has 1 heterocycles. The molecule has 90 valence electrons. The number of hydrogen-bond donors (Lipinski definition) is 1. The van der Waals surface area contributed by atoms with Gasteiger partial charge in [-0.05, 0) is 45.2 Å². The van der Waals surface area contributed by atoms with Gasteiger partial charge in [-0.3, -0.25) is 4.79 Å². The molecule has 1 aliphatic rings. The fourth-order valence-electron chi connectivity index (χ4n) is 2.14. The summed E-state index contributed by atoms with van der Waals surface area (Å²) in [6, 6.07) is 0. The number of amides is 1. The highest BCUT2D eigenvalue weighted by Crippen LogP contribution is 2.18. The van der Waals surface area contributed by atoms with Crippen molar-refractivity contribution in [2.24, 2.45) is 5.92 Å². The van der Waals surface area contributed by atoms with E-state index in [1.165, 1.54) is 12.8 Å². The van der Waals surface area contributed by atoms with Gasteiger partial charge in [-0.15, -0.1) is 6.42 Å². The molecule has 0 saturated carbocycles. The first-order chi connectivity index (χ1) is 7.77. The van der Waals surface area contributed by atoms with E-state index in [0.29, 0.717) is 13.0 Å². The fourth-order valence-corrected chi connectivity index (χ4v) is 2.14. The molecule has 0 radical (unpaired) electrons. The molecule has 0 unspecified atom stereocenters. The van der Waals surface area contributed by atoms with Gasteiger partial charge in [0.1, 0.15) is 0 Å². The Morgan fingerprint density at radius 1 is 1.50 bits per heavy atom. The molecule has 0 atom stereocenters. The first-order valence-electron chi connectivity index (χ1n) is 6.19. The van der Waals surface area contributed by atoms with Crippen LogP contribution in [0, 0.1) is 18.3 Å². The topological polar surface area (TPSA) is 32.3 Å². The molecule has 0 aliphatic carbocycles. The van der Waals surface area contributed by atoms with Crippen molar-refractivity contribution in [3.05, 3.63) is 0 Å². The van der Waals surface area contributed by atoms with E-state index in [0.717, 1.165) is 32.0 Å². The maximum absolute atomic E-state index is 11.8. The molecule has 3 heteroatoms. The number of piperidine rings is 1. The lowest BCUT2D eigenvalue weighted by molar-refractivity contribution is -0.130. The molecule has 1 amide bonds. The Morgan fingerprint density at radius 3 is 2.75 bits per heavy atom. The van der Waals surface area contributed by atoms with Crippen LogP contribution in [-0.4, -0.2) is 37.0 Å². The van der Waals surface area contributed by atoms with E-state index < -0.39 is 0 Å². The average Bonchev–Trinajstić information content (AvgIpc) is 2.34. The molecular weight excluding hydrogens is 200 g/mol. The van der Waals surface area contributed by atoms with Crippen LogP contribution < -0.4 is 5.32 Å². The first kappa shape index (κ1) is 13.1. The predicted molar refractivity (Wildman–Crippen MR) is 65.9 cm³/mol. The van der Waals surface area contributed by atoms with Gasteiger partial charge in [0, 0.05) is 13.0 Å². The normalized spacial score (nSPS) is 16.8. The van der Waals surface area contributed by atoms with E-state index in [1.807, 2.05) is 6.92 Å². The van der Waals surface area contributed by atoms with Crippen molar-refractivity contribution in [3.63, 3.8) is 0 Å². The minimum atomic E-state index is 0.207. The highest BCUT2D eigenvalue weighted by Gasteiger charge is 2.16. The maximum Gasteiger partial charge on any atom is 0.223 e. The number of terminal acetylenes is 1. The lowest BCUT2D eigenvalue weighted by atomic mass is 9.93. The van der Waals surface area contributed by atoms with Gasteiger partial charge in [0.15, 0.2) is 0 Å². The van der Waals surface area contributed by atoms with Crippen LogP contribution in [0.1, 0.15) is 32.6 Å². The Hall–Kier alpha value is -1.01. The number of hydrogen-bond acceptors (Lipinski definition) is 2. The summed E-state index contributed by atoms with van der Waals surface area (Å²) in [7, 11) is 0. The van der Waals surface area contributed by atoms with Gasteiger partial charge in [0.2, 0.25) is 5.91 Å². The summed E-state index contributed by atoms with van der Waals surface area (Å²) in [5.41, 5.74) is 0. The maximum atomic E-state index is 11.8. The van der Waals surface area contributed by atoms with E-state index in [-0.39, 0.29) is 5.91 Å². The third-order valence-corrected chi connectivity index (χ3v) is 3.24. The molecule has 0 aromatic rings. The quantitative estimate of drug-likeness (QED) is 0.710. The molecule has 0 bridgehead atoms. The fraction of sp³-hybridized carbons (Fsp3) is 0.769. The smallest absolute Gasteiger partial charge is 0.223 e. The molecule has 1 fully saturated rings. The SMILES string of the molecule is C#CCN(CC)C(=O)CCC1CCNCC1. The van der Waals surface area contributed by atoms with Crippen LogP contribution in [0.25, 0.3) is 0 Å². The Bertz CT molecular complexity index is 251. The minimum Gasteiger partial charge on any atom is -0.332 e. The predicted octanol–water partition coefficient (Wildman–Crippen LogP) is 1.25. The summed E-state index contributed by atoms with van der Waals surface area (Å²) >= 11 is 0. The summed E-state index contributed by atoms with van der Waals surface area (Å²) in [4.78, 5) is 13.6.